The Hall–Kier alpha value is -0.790. The van der Waals surface area contributed by atoms with Gasteiger partial charge in [0, 0.05) is 5.02 Å². The predicted molar refractivity (Wildman–Crippen MR) is 87.6 cm³/mol. The SMILES string of the molecule is Cc1cc(C)cc(C(Br)c2cc(C)c(C)cc2Cl)c1. The van der Waals surface area contributed by atoms with Crippen LogP contribution >= 0.6 is 27.5 Å². The van der Waals surface area contributed by atoms with Crippen molar-refractivity contribution in [1.82, 2.24) is 0 Å². The normalized spacial score (nSPS) is 12.5. The molecule has 0 amide bonds. The second-order valence-corrected chi connectivity index (χ2v) is 6.56. The molecule has 0 radical (unpaired) electrons. The lowest BCUT2D eigenvalue weighted by Crippen LogP contribution is -1.97. The Bertz CT molecular complexity index is 597. The largest absolute Gasteiger partial charge is 0.0840 e. The molecular formula is C17H18BrCl. The van der Waals surface area contributed by atoms with E-state index in [1.54, 1.807) is 0 Å². The molecule has 2 aromatic carbocycles. The van der Waals surface area contributed by atoms with Crippen LogP contribution in [-0.2, 0) is 0 Å². The summed E-state index contributed by atoms with van der Waals surface area (Å²) >= 11 is 10.2. The molecule has 19 heavy (non-hydrogen) atoms. The summed E-state index contributed by atoms with van der Waals surface area (Å²) < 4.78 is 0. The van der Waals surface area contributed by atoms with E-state index in [1.165, 1.54) is 27.8 Å². The first-order chi connectivity index (χ1) is 8.88. The van der Waals surface area contributed by atoms with Crippen molar-refractivity contribution in [3.8, 4) is 0 Å². The van der Waals surface area contributed by atoms with E-state index in [0.29, 0.717) is 0 Å². The van der Waals surface area contributed by atoms with Crippen LogP contribution in [0.5, 0.6) is 0 Å². The molecule has 0 bridgehead atoms. The third-order valence-electron chi connectivity index (χ3n) is 3.42. The first kappa shape index (κ1) is 14.6. The van der Waals surface area contributed by atoms with E-state index in [0.717, 1.165) is 10.6 Å². The fourth-order valence-electron chi connectivity index (χ4n) is 2.33. The lowest BCUT2D eigenvalue weighted by atomic mass is 9.98. The minimum absolute atomic E-state index is 0.137. The van der Waals surface area contributed by atoms with Crippen molar-refractivity contribution in [2.75, 3.05) is 0 Å². The molecular weight excluding hydrogens is 320 g/mol. The van der Waals surface area contributed by atoms with Crippen LogP contribution < -0.4 is 0 Å². The highest BCUT2D eigenvalue weighted by atomic mass is 79.9. The van der Waals surface area contributed by atoms with Crippen LogP contribution in [0.2, 0.25) is 5.02 Å². The standard InChI is InChI=1S/C17H18BrCl/c1-10-5-11(2)7-14(6-10)17(18)15-8-12(3)13(4)9-16(15)19/h5-9,17H,1-4H3. The van der Waals surface area contributed by atoms with Crippen LogP contribution in [0.15, 0.2) is 30.3 Å². The van der Waals surface area contributed by atoms with Gasteiger partial charge in [0.1, 0.15) is 0 Å². The van der Waals surface area contributed by atoms with Gasteiger partial charge in [-0.25, -0.2) is 0 Å². The highest BCUT2D eigenvalue weighted by Gasteiger charge is 2.15. The van der Waals surface area contributed by atoms with Crippen molar-refractivity contribution >= 4 is 27.5 Å². The second kappa shape index (κ2) is 5.68. The summed E-state index contributed by atoms with van der Waals surface area (Å²) in [7, 11) is 0. The van der Waals surface area contributed by atoms with E-state index >= 15 is 0 Å². The number of hydrogen-bond acceptors (Lipinski definition) is 0. The fraction of sp³-hybridized carbons (Fsp3) is 0.294. The first-order valence-corrected chi connectivity index (χ1v) is 7.66. The summed E-state index contributed by atoms with van der Waals surface area (Å²) in [5, 5.41) is 0.823. The smallest absolute Gasteiger partial charge is 0.0659 e. The van der Waals surface area contributed by atoms with E-state index in [2.05, 4.69) is 67.9 Å². The van der Waals surface area contributed by atoms with E-state index < -0.39 is 0 Å². The average molecular weight is 338 g/mol. The quantitative estimate of drug-likeness (QED) is 0.584. The Morgan fingerprint density at radius 1 is 0.842 bits per heavy atom. The average Bonchev–Trinajstić information content (AvgIpc) is 2.31. The minimum Gasteiger partial charge on any atom is -0.0840 e. The van der Waals surface area contributed by atoms with Gasteiger partial charge in [0.05, 0.1) is 4.83 Å². The van der Waals surface area contributed by atoms with Crippen LogP contribution in [0.4, 0.5) is 0 Å². The van der Waals surface area contributed by atoms with Gasteiger partial charge in [-0.05, 0) is 56.0 Å². The second-order valence-electron chi connectivity index (χ2n) is 5.24. The lowest BCUT2D eigenvalue weighted by molar-refractivity contribution is 1.14. The van der Waals surface area contributed by atoms with E-state index in [-0.39, 0.29) is 4.83 Å². The molecule has 0 aliphatic rings. The van der Waals surface area contributed by atoms with Crippen molar-refractivity contribution in [3.63, 3.8) is 0 Å². The summed E-state index contributed by atoms with van der Waals surface area (Å²) in [5.41, 5.74) is 7.44. The van der Waals surface area contributed by atoms with E-state index in [4.69, 9.17) is 11.6 Å². The molecule has 1 unspecified atom stereocenters. The lowest BCUT2D eigenvalue weighted by Gasteiger charge is -2.16. The van der Waals surface area contributed by atoms with Gasteiger partial charge in [-0.1, -0.05) is 62.9 Å². The molecule has 1 atom stereocenters. The topological polar surface area (TPSA) is 0 Å². The van der Waals surface area contributed by atoms with Crippen molar-refractivity contribution in [3.05, 3.63) is 68.7 Å². The van der Waals surface area contributed by atoms with Gasteiger partial charge >= 0.3 is 0 Å². The Morgan fingerprint density at radius 3 is 1.95 bits per heavy atom. The molecule has 0 spiro atoms. The minimum atomic E-state index is 0.137. The van der Waals surface area contributed by atoms with Gasteiger partial charge in [0.15, 0.2) is 0 Å². The number of alkyl halides is 1. The third kappa shape index (κ3) is 3.21. The van der Waals surface area contributed by atoms with Crippen LogP contribution in [0.3, 0.4) is 0 Å². The number of rotatable bonds is 2. The maximum Gasteiger partial charge on any atom is 0.0659 e. The van der Waals surface area contributed by atoms with Crippen LogP contribution in [0, 0.1) is 27.7 Å². The van der Waals surface area contributed by atoms with Gasteiger partial charge in [-0.15, -0.1) is 0 Å². The maximum atomic E-state index is 6.40. The Kier molecular flexibility index (Phi) is 4.37. The molecule has 0 saturated carbocycles. The Labute approximate surface area is 128 Å². The maximum absolute atomic E-state index is 6.40. The van der Waals surface area contributed by atoms with E-state index in [1.807, 2.05) is 6.07 Å². The molecule has 100 valence electrons. The zero-order chi connectivity index (χ0) is 14.2. The van der Waals surface area contributed by atoms with Crippen LogP contribution in [0.25, 0.3) is 0 Å². The van der Waals surface area contributed by atoms with Gasteiger partial charge < -0.3 is 0 Å². The van der Waals surface area contributed by atoms with Gasteiger partial charge in [0.25, 0.3) is 0 Å². The Balaban J connectivity index is 2.49. The molecule has 0 nitrogen and oxygen atoms in total. The summed E-state index contributed by atoms with van der Waals surface area (Å²) in [4.78, 5) is 0.137. The molecule has 2 aromatic rings. The number of aryl methyl sites for hydroxylation is 4. The van der Waals surface area contributed by atoms with Crippen molar-refractivity contribution in [2.24, 2.45) is 0 Å². The van der Waals surface area contributed by atoms with Crippen LogP contribution in [-0.4, -0.2) is 0 Å². The predicted octanol–water partition coefficient (Wildman–Crippen LogP) is 6.06. The van der Waals surface area contributed by atoms with E-state index in [9.17, 15) is 0 Å². The molecule has 0 saturated heterocycles. The Morgan fingerprint density at radius 2 is 1.37 bits per heavy atom. The molecule has 0 heterocycles. The highest BCUT2D eigenvalue weighted by Crippen LogP contribution is 2.37. The molecule has 0 aliphatic heterocycles. The van der Waals surface area contributed by atoms with Crippen molar-refractivity contribution in [1.29, 1.82) is 0 Å². The highest BCUT2D eigenvalue weighted by molar-refractivity contribution is 9.09. The monoisotopic (exact) mass is 336 g/mol. The number of halogens is 2. The molecule has 0 aliphatic carbocycles. The molecule has 0 N–H and O–H groups in total. The summed E-state index contributed by atoms with van der Waals surface area (Å²) in [6, 6.07) is 10.8. The van der Waals surface area contributed by atoms with Crippen molar-refractivity contribution in [2.45, 2.75) is 32.5 Å². The van der Waals surface area contributed by atoms with Gasteiger partial charge in [-0.3, -0.25) is 0 Å². The molecule has 0 fully saturated rings. The zero-order valence-corrected chi connectivity index (χ0v) is 14.1. The third-order valence-corrected chi connectivity index (χ3v) is 4.77. The summed E-state index contributed by atoms with van der Waals surface area (Å²) in [6.07, 6.45) is 0. The van der Waals surface area contributed by atoms with Crippen molar-refractivity contribution < 1.29 is 0 Å². The number of hydrogen-bond donors (Lipinski definition) is 0. The summed E-state index contributed by atoms with van der Waals surface area (Å²) in [6.45, 7) is 8.46. The molecule has 2 heteroatoms. The summed E-state index contributed by atoms with van der Waals surface area (Å²) in [5.74, 6) is 0. The fourth-order valence-corrected chi connectivity index (χ4v) is 3.44. The van der Waals surface area contributed by atoms with Crippen LogP contribution in [0.1, 0.15) is 38.2 Å². The number of benzene rings is 2. The van der Waals surface area contributed by atoms with Gasteiger partial charge in [0.2, 0.25) is 0 Å². The molecule has 2 rings (SSSR count). The van der Waals surface area contributed by atoms with Gasteiger partial charge in [-0.2, -0.15) is 0 Å². The zero-order valence-electron chi connectivity index (χ0n) is 11.7. The molecule has 0 aromatic heterocycles. The first-order valence-electron chi connectivity index (χ1n) is 6.37.